The number of furan rings is 1. The molecule has 0 radical (unpaired) electrons. The number of rotatable bonds is 3. The number of hydrogen-bond acceptors (Lipinski definition) is 3. The molecule has 2 heterocycles. The third kappa shape index (κ3) is 2.99. The average Bonchev–Trinajstić information content (AvgIpc) is 3.66. The Hall–Kier alpha value is -4.12. The monoisotopic (exact) mass is 548 g/mol. The maximum atomic E-state index is 6.72. The minimum Gasteiger partial charge on any atom is -0.455 e. The van der Waals surface area contributed by atoms with Gasteiger partial charge in [0, 0.05) is 16.5 Å². The molecule has 0 bridgehead atoms. The molecule has 206 valence electrons. The number of fused-ring (bicyclic) bond motifs is 12. The largest absolute Gasteiger partial charge is 0.495 e. The van der Waals surface area contributed by atoms with Crippen molar-refractivity contribution >= 4 is 35.7 Å². The van der Waals surface area contributed by atoms with E-state index in [-0.39, 0.29) is 0 Å². The molecule has 3 nitrogen and oxygen atoms in total. The highest BCUT2D eigenvalue weighted by Gasteiger charge is 2.58. The van der Waals surface area contributed by atoms with E-state index in [1.807, 2.05) is 13.0 Å². The molecule has 42 heavy (non-hydrogen) atoms. The fourth-order valence-electron chi connectivity index (χ4n) is 7.56. The zero-order valence-corrected chi connectivity index (χ0v) is 24.7. The highest BCUT2D eigenvalue weighted by molar-refractivity contribution is 6.63. The van der Waals surface area contributed by atoms with Crippen LogP contribution in [0.3, 0.4) is 0 Å². The van der Waals surface area contributed by atoms with Gasteiger partial charge in [-0.1, -0.05) is 97.6 Å². The van der Waals surface area contributed by atoms with Crippen LogP contribution in [0.4, 0.5) is 0 Å². The molecule has 1 aliphatic heterocycles. The van der Waals surface area contributed by atoms with Crippen LogP contribution in [0.1, 0.15) is 68.2 Å². The molecule has 1 saturated heterocycles. The standard InChI is InChI=1S/C38H33BO3/c1-7-14-24-26-21-22-30-33(35(26)40-32(24)8-2)27-16-10-12-19-29(27)38(30)28-18-11-9-15-23(28)25-17-13-20-31(34(25)38)39-41-36(3,4)37(5,6)42-39/h7-22H,2H2,1,3-6H3/b14-7-. The molecule has 0 saturated carbocycles. The lowest BCUT2D eigenvalue weighted by Gasteiger charge is -2.32. The molecule has 0 amide bonds. The SMILES string of the molecule is C=Cc1oc2c3c(ccc2c1/C=C\C)C1(c2ccccc2-c2cccc(B4OC(C)(C)C(C)(C)O4)c21)c1ccccc1-3. The van der Waals surface area contributed by atoms with Crippen molar-refractivity contribution in [2.24, 2.45) is 0 Å². The van der Waals surface area contributed by atoms with Gasteiger partial charge in [0.25, 0.3) is 0 Å². The summed E-state index contributed by atoms with van der Waals surface area (Å²) in [4.78, 5) is 0. The van der Waals surface area contributed by atoms with Crippen LogP contribution in [0, 0.1) is 0 Å². The Kier molecular flexibility index (Phi) is 5.16. The Bertz CT molecular complexity index is 1980. The van der Waals surface area contributed by atoms with E-state index in [9.17, 15) is 0 Å². The number of benzene rings is 4. The van der Waals surface area contributed by atoms with Crippen molar-refractivity contribution in [3.63, 3.8) is 0 Å². The van der Waals surface area contributed by atoms with Gasteiger partial charge in [0.15, 0.2) is 0 Å². The van der Waals surface area contributed by atoms with Crippen molar-refractivity contribution in [1.29, 1.82) is 0 Å². The Morgan fingerprint density at radius 3 is 2.05 bits per heavy atom. The van der Waals surface area contributed by atoms with Crippen LogP contribution in [0.15, 0.2) is 95.9 Å². The minimum absolute atomic E-state index is 0.449. The van der Waals surface area contributed by atoms with E-state index in [0.717, 1.165) is 33.3 Å². The van der Waals surface area contributed by atoms with Gasteiger partial charge in [-0.2, -0.15) is 0 Å². The summed E-state index contributed by atoms with van der Waals surface area (Å²) in [5.74, 6) is 0.792. The molecule has 1 atom stereocenters. The summed E-state index contributed by atoms with van der Waals surface area (Å²) < 4.78 is 20.1. The third-order valence-electron chi connectivity index (χ3n) is 10.0. The second kappa shape index (κ2) is 8.47. The van der Waals surface area contributed by atoms with Crippen molar-refractivity contribution in [1.82, 2.24) is 0 Å². The summed E-state index contributed by atoms with van der Waals surface area (Å²) in [7, 11) is -0.492. The summed E-state index contributed by atoms with van der Waals surface area (Å²) in [6.07, 6.45) is 5.98. The van der Waals surface area contributed by atoms with Gasteiger partial charge in [0.1, 0.15) is 11.3 Å². The summed E-state index contributed by atoms with van der Waals surface area (Å²) in [6.45, 7) is 14.6. The van der Waals surface area contributed by atoms with E-state index in [2.05, 4.69) is 125 Å². The van der Waals surface area contributed by atoms with Crippen molar-refractivity contribution < 1.29 is 13.7 Å². The van der Waals surface area contributed by atoms with Crippen molar-refractivity contribution in [2.75, 3.05) is 0 Å². The van der Waals surface area contributed by atoms with Gasteiger partial charge in [-0.25, -0.2) is 0 Å². The molecule has 8 rings (SSSR count). The van der Waals surface area contributed by atoms with Crippen LogP contribution < -0.4 is 5.46 Å². The van der Waals surface area contributed by atoms with Gasteiger partial charge in [0.2, 0.25) is 0 Å². The zero-order chi connectivity index (χ0) is 29.0. The van der Waals surface area contributed by atoms with Crippen molar-refractivity contribution in [3.8, 4) is 22.3 Å². The van der Waals surface area contributed by atoms with Gasteiger partial charge < -0.3 is 13.7 Å². The zero-order valence-electron chi connectivity index (χ0n) is 24.7. The molecule has 4 heteroatoms. The first-order valence-corrected chi connectivity index (χ1v) is 14.8. The van der Waals surface area contributed by atoms with Crippen LogP contribution in [-0.2, 0) is 14.7 Å². The highest BCUT2D eigenvalue weighted by atomic mass is 16.7. The molecule has 3 aliphatic rings. The molecule has 1 spiro atoms. The van der Waals surface area contributed by atoms with Crippen LogP contribution in [0.25, 0.3) is 45.4 Å². The molecule has 1 unspecified atom stereocenters. The lowest BCUT2D eigenvalue weighted by Crippen LogP contribution is -2.42. The minimum atomic E-state index is -0.547. The van der Waals surface area contributed by atoms with Crippen LogP contribution in [0.5, 0.6) is 0 Å². The van der Waals surface area contributed by atoms with E-state index in [1.165, 1.54) is 38.9 Å². The topological polar surface area (TPSA) is 31.6 Å². The molecule has 2 aliphatic carbocycles. The summed E-state index contributed by atoms with van der Waals surface area (Å²) in [6, 6.07) is 28.8. The summed E-state index contributed by atoms with van der Waals surface area (Å²) in [5, 5.41) is 1.10. The fourth-order valence-corrected chi connectivity index (χ4v) is 7.56. The molecule has 4 aromatic carbocycles. The molecule has 1 fully saturated rings. The Balaban J connectivity index is 1.52. The molecule has 5 aromatic rings. The highest BCUT2D eigenvalue weighted by Crippen LogP contribution is 2.63. The summed E-state index contributed by atoms with van der Waals surface area (Å²) in [5.41, 5.74) is 11.4. The smallest absolute Gasteiger partial charge is 0.455 e. The van der Waals surface area contributed by atoms with Crippen molar-refractivity contribution in [3.05, 3.63) is 125 Å². The molecular weight excluding hydrogens is 515 g/mol. The van der Waals surface area contributed by atoms with E-state index in [1.54, 1.807) is 0 Å². The second-order valence-corrected chi connectivity index (χ2v) is 12.6. The second-order valence-electron chi connectivity index (χ2n) is 12.6. The average molecular weight is 548 g/mol. The predicted octanol–water partition coefficient (Wildman–Crippen LogP) is 8.75. The lowest BCUT2D eigenvalue weighted by atomic mass is 9.63. The van der Waals surface area contributed by atoms with Crippen molar-refractivity contribution in [2.45, 2.75) is 51.2 Å². The first-order valence-electron chi connectivity index (χ1n) is 14.8. The Morgan fingerprint density at radius 2 is 1.36 bits per heavy atom. The summed E-state index contributed by atoms with van der Waals surface area (Å²) >= 11 is 0. The van der Waals surface area contributed by atoms with Gasteiger partial charge in [-0.3, -0.25) is 0 Å². The van der Waals surface area contributed by atoms with Crippen LogP contribution in [-0.4, -0.2) is 18.3 Å². The van der Waals surface area contributed by atoms with Gasteiger partial charge >= 0.3 is 7.12 Å². The Morgan fingerprint density at radius 1 is 0.714 bits per heavy atom. The quantitative estimate of drug-likeness (QED) is 0.207. The lowest BCUT2D eigenvalue weighted by molar-refractivity contribution is 0.00578. The Labute approximate surface area is 247 Å². The van der Waals surface area contributed by atoms with Gasteiger partial charge in [0.05, 0.1) is 16.6 Å². The molecule has 0 N–H and O–H groups in total. The first-order chi connectivity index (χ1) is 20.2. The normalized spacial score (nSPS) is 20.7. The maximum absolute atomic E-state index is 6.72. The van der Waals surface area contributed by atoms with Gasteiger partial charge in [-0.15, -0.1) is 0 Å². The van der Waals surface area contributed by atoms with Gasteiger partial charge in [-0.05, 0) is 85.1 Å². The van der Waals surface area contributed by atoms with E-state index < -0.39 is 23.7 Å². The maximum Gasteiger partial charge on any atom is 0.495 e. The fraction of sp³-hybridized carbons (Fsp3) is 0.211. The van der Waals surface area contributed by atoms with Crippen LogP contribution >= 0.6 is 0 Å². The predicted molar refractivity (Wildman–Crippen MR) is 173 cm³/mol. The molecular formula is C38H33BO3. The van der Waals surface area contributed by atoms with E-state index >= 15 is 0 Å². The number of allylic oxidation sites excluding steroid dienone is 1. The number of hydrogen-bond donors (Lipinski definition) is 0. The molecule has 1 aromatic heterocycles. The van der Waals surface area contributed by atoms with Crippen LogP contribution in [0.2, 0.25) is 0 Å². The first kappa shape index (κ1) is 25.6. The van der Waals surface area contributed by atoms with E-state index in [4.69, 9.17) is 13.7 Å². The van der Waals surface area contributed by atoms with E-state index in [0.29, 0.717) is 0 Å². The third-order valence-corrected chi connectivity index (χ3v) is 10.0.